The lowest BCUT2D eigenvalue weighted by Crippen LogP contribution is -2.27. The predicted molar refractivity (Wildman–Crippen MR) is 68.8 cm³/mol. The van der Waals surface area contributed by atoms with Gasteiger partial charge in [-0.1, -0.05) is 18.2 Å². The summed E-state index contributed by atoms with van der Waals surface area (Å²) in [6.07, 6.45) is 5.28. The van der Waals surface area contributed by atoms with Gasteiger partial charge in [0.25, 0.3) is 0 Å². The number of benzene rings is 1. The van der Waals surface area contributed by atoms with Crippen LogP contribution in [0.3, 0.4) is 0 Å². The first-order valence-corrected chi connectivity index (χ1v) is 5.44. The van der Waals surface area contributed by atoms with Gasteiger partial charge < -0.3 is 4.74 Å². The highest BCUT2D eigenvalue weighted by Gasteiger charge is 2.16. The van der Waals surface area contributed by atoms with Crippen LogP contribution in [0.4, 0.5) is 10.5 Å². The van der Waals surface area contributed by atoms with Gasteiger partial charge >= 0.3 is 6.09 Å². The summed E-state index contributed by atoms with van der Waals surface area (Å²) in [5.41, 5.74) is 1.09. The van der Waals surface area contributed by atoms with E-state index in [2.05, 4.69) is 11.2 Å². The van der Waals surface area contributed by atoms with Crippen molar-refractivity contribution < 1.29 is 9.53 Å². The summed E-state index contributed by atoms with van der Waals surface area (Å²) in [4.78, 5) is 11.6. The third-order valence-electron chi connectivity index (χ3n) is 1.95. The van der Waals surface area contributed by atoms with Crippen LogP contribution in [0.5, 0.6) is 0 Å². The van der Waals surface area contributed by atoms with Crippen molar-refractivity contribution in [2.75, 3.05) is 5.32 Å². The molecule has 0 aliphatic carbocycles. The molecule has 0 bridgehead atoms. The van der Waals surface area contributed by atoms with Gasteiger partial charge in [0.2, 0.25) is 0 Å². The van der Waals surface area contributed by atoms with Crippen LogP contribution in [-0.4, -0.2) is 11.7 Å². The maximum atomic E-state index is 11.6. The Bertz CT molecular complexity index is 438. The molecule has 3 nitrogen and oxygen atoms in total. The summed E-state index contributed by atoms with van der Waals surface area (Å²) in [5, 5.41) is 2.70. The molecule has 0 fully saturated rings. The van der Waals surface area contributed by atoms with Crippen LogP contribution in [0.25, 0.3) is 0 Å². The summed E-state index contributed by atoms with van der Waals surface area (Å²) in [6.45, 7) is 5.46. The van der Waals surface area contributed by atoms with Gasteiger partial charge in [0.15, 0.2) is 0 Å². The Morgan fingerprint density at radius 3 is 2.65 bits per heavy atom. The molecule has 0 atom stereocenters. The van der Waals surface area contributed by atoms with Gasteiger partial charge in [-0.2, -0.15) is 0 Å². The lowest BCUT2D eigenvalue weighted by Gasteiger charge is -2.20. The molecule has 3 heteroatoms. The molecule has 0 heterocycles. The second kappa shape index (κ2) is 5.40. The quantitative estimate of drug-likeness (QED) is 0.794. The maximum Gasteiger partial charge on any atom is 0.412 e. The van der Waals surface area contributed by atoms with Crippen molar-refractivity contribution in [1.29, 1.82) is 0 Å². The summed E-state index contributed by atoms with van der Waals surface area (Å²) in [7, 11) is 0. The number of amides is 1. The van der Waals surface area contributed by atoms with Crippen LogP contribution in [-0.2, 0) is 11.2 Å². The molecular formula is C14H17NO2. The molecule has 1 aromatic carbocycles. The third-order valence-corrected chi connectivity index (χ3v) is 1.95. The van der Waals surface area contributed by atoms with Gasteiger partial charge in [-0.25, -0.2) is 4.79 Å². The highest BCUT2D eigenvalue weighted by molar-refractivity contribution is 5.86. The van der Waals surface area contributed by atoms with Gasteiger partial charge in [-0.15, -0.1) is 12.3 Å². The van der Waals surface area contributed by atoms with Gasteiger partial charge in [-0.05, 0) is 32.4 Å². The number of rotatable bonds is 2. The first kappa shape index (κ1) is 13.1. The number of terminal acetylenes is 1. The second-order valence-corrected chi connectivity index (χ2v) is 4.66. The Balaban J connectivity index is 2.75. The van der Waals surface area contributed by atoms with Crippen molar-refractivity contribution in [1.82, 2.24) is 0 Å². The van der Waals surface area contributed by atoms with E-state index in [0.29, 0.717) is 12.1 Å². The molecule has 0 spiro atoms. The van der Waals surface area contributed by atoms with E-state index in [1.54, 1.807) is 6.07 Å². The molecule has 17 heavy (non-hydrogen) atoms. The zero-order chi connectivity index (χ0) is 12.9. The molecule has 0 saturated carbocycles. The zero-order valence-corrected chi connectivity index (χ0v) is 10.4. The van der Waals surface area contributed by atoms with Gasteiger partial charge in [0.05, 0.1) is 0 Å². The van der Waals surface area contributed by atoms with Crippen LogP contribution in [0.1, 0.15) is 26.3 Å². The van der Waals surface area contributed by atoms with Gasteiger partial charge in [-0.3, -0.25) is 5.32 Å². The third kappa shape index (κ3) is 4.60. The van der Waals surface area contributed by atoms with Crippen molar-refractivity contribution in [2.24, 2.45) is 0 Å². The van der Waals surface area contributed by atoms with E-state index in [1.165, 1.54) is 0 Å². The topological polar surface area (TPSA) is 38.3 Å². The molecule has 90 valence electrons. The van der Waals surface area contributed by atoms with Gasteiger partial charge in [0, 0.05) is 12.1 Å². The van der Waals surface area contributed by atoms with E-state index in [-0.39, 0.29) is 0 Å². The molecule has 0 aliphatic heterocycles. The Labute approximate surface area is 102 Å². The van der Waals surface area contributed by atoms with Gasteiger partial charge in [0.1, 0.15) is 5.60 Å². The molecule has 0 aromatic heterocycles. The number of anilines is 1. The van der Waals surface area contributed by atoms with Crippen molar-refractivity contribution in [3.63, 3.8) is 0 Å². The van der Waals surface area contributed by atoms with E-state index in [4.69, 9.17) is 11.2 Å². The minimum atomic E-state index is -0.509. The number of hydrogen-bond acceptors (Lipinski definition) is 2. The van der Waals surface area contributed by atoms with E-state index in [9.17, 15) is 4.79 Å². The molecular weight excluding hydrogens is 214 g/mol. The number of carbonyl (C=O) groups is 1. The summed E-state index contributed by atoms with van der Waals surface area (Å²) < 4.78 is 5.17. The number of hydrogen-bond donors (Lipinski definition) is 1. The Kier molecular flexibility index (Phi) is 4.17. The van der Waals surface area contributed by atoms with Crippen molar-refractivity contribution in [3.05, 3.63) is 29.8 Å². The first-order valence-electron chi connectivity index (χ1n) is 5.44. The van der Waals surface area contributed by atoms with Crippen molar-refractivity contribution in [3.8, 4) is 12.3 Å². The molecule has 0 saturated heterocycles. The highest BCUT2D eigenvalue weighted by Crippen LogP contribution is 2.17. The smallest absolute Gasteiger partial charge is 0.412 e. The standard InChI is InChI=1S/C14H17NO2/c1-5-8-11-9-6-7-10-12(11)15-13(16)17-14(2,3)4/h1,6-7,9-10H,8H2,2-4H3,(H,15,16). The van der Waals surface area contributed by atoms with Crippen LogP contribution >= 0.6 is 0 Å². The zero-order valence-electron chi connectivity index (χ0n) is 10.4. The number of nitrogens with one attached hydrogen (secondary N) is 1. The summed E-state index contributed by atoms with van der Waals surface area (Å²) in [5.74, 6) is 2.55. The van der Waals surface area contributed by atoms with Crippen molar-refractivity contribution >= 4 is 11.8 Å². The van der Waals surface area contributed by atoms with Crippen LogP contribution in [0.15, 0.2) is 24.3 Å². The first-order chi connectivity index (χ1) is 7.92. The van der Waals surface area contributed by atoms with E-state index in [0.717, 1.165) is 5.56 Å². The fraction of sp³-hybridized carbons (Fsp3) is 0.357. The van der Waals surface area contributed by atoms with E-state index in [1.807, 2.05) is 39.0 Å². The average Bonchev–Trinajstić information content (AvgIpc) is 2.18. The fourth-order valence-electron chi connectivity index (χ4n) is 1.32. The molecule has 1 aromatic rings. The number of para-hydroxylation sites is 1. The number of ether oxygens (including phenoxy) is 1. The Hall–Kier alpha value is -1.95. The SMILES string of the molecule is C#CCc1ccccc1NC(=O)OC(C)(C)C. The van der Waals surface area contributed by atoms with Crippen LogP contribution in [0, 0.1) is 12.3 Å². The second-order valence-electron chi connectivity index (χ2n) is 4.66. The van der Waals surface area contributed by atoms with E-state index < -0.39 is 11.7 Å². The Morgan fingerprint density at radius 1 is 1.41 bits per heavy atom. The number of carbonyl (C=O) groups excluding carboxylic acids is 1. The fourth-order valence-corrected chi connectivity index (χ4v) is 1.32. The van der Waals surface area contributed by atoms with Crippen molar-refractivity contribution in [2.45, 2.75) is 32.8 Å². The Morgan fingerprint density at radius 2 is 2.06 bits per heavy atom. The minimum Gasteiger partial charge on any atom is -0.444 e. The molecule has 0 radical (unpaired) electrons. The lowest BCUT2D eigenvalue weighted by molar-refractivity contribution is 0.0636. The largest absolute Gasteiger partial charge is 0.444 e. The minimum absolute atomic E-state index is 0.470. The summed E-state index contributed by atoms with van der Waals surface area (Å²) in [6, 6.07) is 7.41. The highest BCUT2D eigenvalue weighted by atomic mass is 16.6. The maximum absolute atomic E-state index is 11.6. The van der Waals surface area contributed by atoms with Crippen LogP contribution < -0.4 is 5.32 Å². The lowest BCUT2D eigenvalue weighted by atomic mass is 10.1. The summed E-state index contributed by atoms with van der Waals surface area (Å²) >= 11 is 0. The van der Waals surface area contributed by atoms with Crippen LogP contribution in [0.2, 0.25) is 0 Å². The van der Waals surface area contributed by atoms with E-state index >= 15 is 0 Å². The predicted octanol–water partition coefficient (Wildman–Crippen LogP) is 3.21. The molecule has 0 aliphatic rings. The average molecular weight is 231 g/mol. The molecule has 1 amide bonds. The molecule has 1 rings (SSSR count). The molecule has 1 N–H and O–H groups in total. The molecule has 0 unspecified atom stereocenters. The normalized spacial score (nSPS) is 10.5. The monoisotopic (exact) mass is 231 g/mol.